The van der Waals surface area contributed by atoms with Crippen LogP contribution in [0.1, 0.15) is 50.8 Å². The van der Waals surface area contributed by atoms with E-state index >= 15 is 0 Å². The van der Waals surface area contributed by atoms with Crippen LogP contribution in [0.4, 0.5) is 11.5 Å². The van der Waals surface area contributed by atoms with E-state index in [9.17, 15) is 19.7 Å². The molecule has 0 spiro atoms. The van der Waals surface area contributed by atoms with Crippen LogP contribution in [0.25, 0.3) is 0 Å². The third-order valence-corrected chi connectivity index (χ3v) is 6.43. The Kier molecular flexibility index (Phi) is 6.03. The summed E-state index contributed by atoms with van der Waals surface area (Å²) >= 11 is 6.05. The third-order valence-electron chi connectivity index (χ3n) is 6.11. The first-order chi connectivity index (χ1) is 16.0. The van der Waals surface area contributed by atoms with E-state index in [0.29, 0.717) is 41.1 Å². The molecule has 2 N–H and O–H groups in total. The molecule has 4 rings (SSSR count). The van der Waals surface area contributed by atoms with Gasteiger partial charge in [-0.05, 0) is 49.4 Å². The summed E-state index contributed by atoms with van der Waals surface area (Å²) in [6.45, 7) is 7.62. The number of carbonyl (C=O) groups excluding carboxylic acids is 2. The minimum Gasteiger partial charge on any atom is -0.362 e. The van der Waals surface area contributed by atoms with Crippen LogP contribution in [0, 0.1) is 22.5 Å². The number of pyridine rings is 1. The smallest absolute Gasteiger partial charge is 0.288 e. The second kappa shape index (κ2) is 8.68. The molecule has 1 aliphatic heterocycles. The van der Waals surface area contributed by atoms with E-state index in [1.54, 1.807) is 25.1 Å². The molecular weight excluding hydrogens is 456 g/mol. The maximum atomic E-state index is 13.5. The monoisotopic (exact) mass is 480 g/mol. The summed E-state index contributed by atoms with van der Waals surface area (Å²) in [5.41, 5.74) is 2.77. The summed E-state index contributed by atoms with van der Waals surface area (Å²) in [7, 11) is 0. The van der Waals surface area contributed by atoms with Crippen molar-refractivity contribution >= 4 is 34.8 Å². The van der Waals surface area contributed by atoms with Crippen LogP contribution >= 0.6 is 11.6 Å². The molecule has 1 aromatic heterocycles. The Balaban J connectivity index is 1.86. The zero-order chi connectivity index (χ0) is 24.8. The number of rotatable bonds is 4. The lowest BCUT2D eigenvalue weighted by Crippen LogP contribution is -2.39. The molecule has 9 heteroatoms. The number of halogens is 1. The first kappa shape index (κ1) is 23.6. The molecule has 1 amide bonds. The van der Waals surface area contributed by atoms with Crippen LogP contribution in [0.3, 0.4) is 0 Å². The number of carbonyl (C=O) groups is 2. The number of anilines is 1. The Morgan fingerprint density at radius 3 is 2.65 bits per heavy atom. The van der Waals surface area contributed by atoms with Crippen molar-refractivity contribution in [3.63, 3.8) is 0 Å². The lowest BCUT2D eigenvalue weighted by molar-refractivity contribution is -0.384. The van der Waals surface area contributed by atoms with E-state index in [4.69, 9.17) is 11.6 Å². The number of nitrogens with one attached hydrogen (secondary N) is 2. The zero-order valence-corrected chi connectivity index (χ0v) is 20.1. The number of hydrogen-bond donors (Lipinski definition) is 2. The van der Waals surface area contributed by atoms with Crippen LogP contribution in [0.5, 0.6) is 0 Å². The molecule has 8 nitrogen and oxygen atoms in total. The maximum absolute atomic E-state index is 13.5. The van der Waals surface area contributed by atoms with Crippen molar-refractivity contribution < 1.29 is 14.5 Å². The average Bonchev–Trinajstić information content (AvgIpc) is 2.71. The van der Waals surface area contributed by atoms with Crippen molar-refractivity contribution in [1.82, 2.24) is 10.3 Å². The van der Waals surface area contributed by atoms with Gasteiger partial charge in [-0.2, -0.15) is 0 Å². The van der Waals surface area contributed by atoms with Gasteiger partial charge < -0.3 is 10.6 Å². The van der Waals surface area contributed by atoms with Crippen LogP contribution in [-0.4, -0.2) is 21.6 Å². The van der Waals surface area contributed by atoms with Gasteiger partial charge in [-0.15, -0.1) is 0 Å². The molecule has 176 valence electrons. The molecule has 2 heterocycles. The van der Waals surface area contributed by atoms with Crippen molar-refractivity contribution in [2.45, 2.75) is 46.5 Å². The fraction of sp³-hybridized carbons (Fsp3) is 0.320. The predicted molar refractivity (Wildman–Crippen MR) is 129 cm³/mol. The maximum Gasteiger partial charge on any atom is 0.288 e. The van der Waals surface area contributed by atoms with Crippen LogP contribution in [0.15, 0.2) is 58.9 Å². The van der Waals surface area contributed by atoms with Gasteiger partial charge in [-0.25, -0.2) is 4.98 Å². The molecule has 34 heavy (non-hydrogen) atoms. The molecule has 2 aliphatic rings. The van der Waals surface area contributed by atoms with E-state index in [-0.39, 0.29) is 21.9 Å². The van der Waals surface area contributed by atoms with E-state index in [1.165, 1.54) is 12.1 Å². The fourth-order valence-electron chi connectivity index (χ4n) is 4.72. The Morgan fingerprint density at radius 1 is 1.24 bits per heavy atom. The highest BCUT2D eigenvalue weighted by Crippen LogP contribution is 2.47. The Morgan fingerprint density at radius 2 is 1.97 bits per heavy atom. The molecule has 0 saturated heterocycles. The molecule has 1 unspecified atom stereocenters. The van der Waals surface area contributed by atoms with E-state index < -0.39 is 16.7 Å². The number of aryl methyl sites for hydroxylation is 1. The van der Waals surface area contributed by atoms with Crippen molar-refractivity contribution in [2.75, 3.05) is 5.32 Å². The van der Waals surface area contributed by atoms with Crippen LogP contribution < -0.4 is 10.6 Å². The molecule has 0 radical (unpaired) electrons. The van der Waals surface area contributed by atoms with Gasteiger partial charge in [0.05, 0.1) is 4.92 Å². The van der Waals surface area contributed by atoms with Crippen molar-refractivity contribution in [2.24, 2.45) is 5.41 Å². The summed E-state index contributed by atoms with van der Waals surface area (Å²) in [5, 5.41) is 17.7. The fourth-order valence-corrected chi connectivity index (χ4v) is 4.90. The van der Waals surface area contributed by atoms with Crippen molar-refractivity contribution in [3.8, 4) is 0 Å². The number of nitro benzene ring substituents is 1. The predicted octanol–water partition coefficient (Wildman–Crippen LogP) is 5.19. The summed E-state index contributed by atoms with van der Waals surface area (Å²) in [5.74, 6) is -0.926. The quantitative estimate of drug-likeness (QED) is 0.459. The summed E-state index contributed by atoms with van der Waals surface area (Å²) in [6, 6.07) is 9.69. The van der Waals surface area contributed by atoms with Gasteiger partial charge >= 0.3 is 0 Å². The van der Waals surface area contributed by atoms with Gasteiger partial charge in [0.15, 0.2) is 5.78 Å². The van der Waals surface area contributed by atoms with E-state index in [0.717, 1.165) is 11.4 Å². The Labute approximate surface area is 202 Å². The number of Topliss-reactive ketones (excluding diaryl/α,β-unsaturated/α-hetero) is 1. The third kappa shape index (κ3) is 4.46. The second-order valence-corrected chi connectivity index (χ2v) is 9.92. The lowest BCUT2D eigenvalue weighted by atomic mass is 9.68. The topological polar surface area (TPSA) is 114 Å². The van der Waals surface area contributed by atoms with E-state index in [2.05, 4.69) is 15.6 Å². The standard InChI is InChI=1S/C25H25ClN4O4/c1-13-6-5-7-20(27-13)29-24(32)21-14(2)28-17-11-25(3,4)12-19(31)23(17)22(21)15-8-9-16(26)18(10-15)30(33)34/h5-10,22,28H,11-12H2,1-4H3,(H,27,29,32). The number of nitro groups is 1. The molecule has 2 aromatic rings. The average molecular weight is 481 g/mol. The van der Waals surface area contributed by atoms with Crippen molar-refractivity contribution in [1.29, 1.82) is 0 Å². The van der Waals surface area contributed by atoms with Gasteiger partial charge in [-0.1, -0.05) is 37.6 Å². The number of ketones is 1. The molecule has 0 bridgehead atoms. The first-order valence-electron chi connectivity index (χ1n) is 10.9. The van der Waals surface area contributed by atoms with Gasteiger partial charge in [0.1, 0.15) is 10.8 Å². The Hall–Kier alpha value is -3.52. The number of benzene rings is 1. The van der Waals surface area contributed by atoms with Gasteiger partial charge in [-0.3, -0.25) is 19.7 Å². The number of allylic oxidation sites excluding steroid dienone is 3. The van der Waals surface area contributed by atoms with Gasteiger partial charge in [0.25, 0.3) is 11.6 Å². The number of nitrogens with zero attached hydrogens (tertiary/aromatic N) is 2. The summed E-state index contributed by atoms with van der Waals surface area (Å²) < 4.78 is 0. The number of amides is 1. The van der Waals surface area contributed by atoms with Crippen molar-refractivity contribution in [3.05, 3.63) is 85.3 Å². The lowest BCUT2D eigenvalue weighted by Gasteiger charge is -2.39. The van der Waals surface area contributed by atoms with E-state index in [1.807, 2.05) is 26.8 Å². The van der Waals surface area contributed by atoms with Gasteiger partial charge in [0, 0.05) is 46.6 Å². The molecule has 1 atom stereocenters. The minimum atomic E-state index is -0.777. The number of dihydropyridines is 1. The van der Waals surface area contributed by atoms with Crippen LogP contribution in [-0.2, 0) is 9.59 Å². The van der Waals surface area contributed by atoms with Gasteiger partial charge in [0.2, 0.25) is 0 Å². The second-order valence-electron chi connectivity index (χ2n) is 9.52. The minimum absolute atomic E-state index is 0.0105. The first-order valence-corrected chi connectivity index (χ1v) is 11.3. The zero-order valence-electron chi connectivity index (χ0n) is 19.4. The normalized spacial score (nSPS) is 19.4. The highest BCUT2D eigenvalue weighted by atomic mass is 35.5. The summed E-state index contributed by atoms with van der Waals surface area (Å²) in [6.07, 6.45) is 0.930. The summed E-state index contributed by atoms with van der Waals surface area (Å²) in [4.78, 5) is 42.2. The molecule has 1 aliphatic carbocycles. The highest BCUT2D eigenvalue weighted by molar-refractivity contribution is 6.32. The molecule has 1 aromatic carbocycles. The highest BCUT2D eigenvalue weighted by Gasteiger charge is 2.43. The number of hydrogen-bond acceptors (Lipinski definition) is 6. The molecule has 0 saturated carbocycles. The molecule has 0 fully saturated rings. The number of aromatic nitrogens is 1. The SMILES string of the molecule is CC1=C(C(=O)Nc2cccc(C)n2)C(c2ccc(Cl)c([N+](=O)[O-])c2)C2=C(CC(C)(C)CC2=O)N1. The Bertz CT molecular complexity index is 1300. The van der Waals surface area contributed by atoms with Crippen LogP contribution in [0.2, 0.25) is 5.02 Å². The largest absolute Gasteiger partial charge is 0.362 e. The molecular formula is C25H25ClN4O4.